The highest BCUT2D eigenvalue weighted by Gasteiger charge is 2.24. The summed E-state index contributed by atoms with van der Waals surface area (Å²) in [4.78, 5) is 12.3. The minimum atomic E-state index is -0.0662. The Morgan fingerprint density at radius 3 is 3.08 bits per heavy atom. The fourth-order valence-electron chi connectivity index (χ4n) is 1.26. The predicted octanol–water partition coefficient (Wildman–Crippen LogP) is 3.28. The monoisotopic (exact) mass is 276 g/mol. The molecule has 0 saturated carbocycles. The molecule has 0 saturated heterocycles. The number of rotatable bonds is 0. The largest absolute Gasteiger partial charge is 0.286 e. The van der Waals surface area contributed by atoms with Gasteiger partial charge in [-0.3, -0.25) is 4.79 Å². The molecule has 0 bridgehead atoms. The van der Waals surface area contributed by atoms with Crippen molar-refractivity contribution in [3.8, 4) is 0 Å². The minimum absolute atomic E-state index is 0.0662. The molecule has 1 nitrogen and oxygen atoms in total. The summed E-state index contributed by atoms with van der Waals surface area (Å²) in [6.07, 6.45) is 0.738. The molecule has 1 aromatic carbocycles. The second-order valence-corrected chi connectivity index (χ2v) is 5.43. The lowest BCUT2D eigenvalue weighted by Gasteiger charge is -2.18. The van der Waals surface area contributed by atoms with E-state index in [2.05, 4.69) is 15.9 Å². The first kappa shape index (κ1) is 9.56. The SMILES string of the molecule is O=C1Sc2ccc(Cl)cc2CC1Br. The van der Waals surface area contributed by atoms with Crippen LogP contribution >= 0.6 is 39.3 Å². The molecule has 1 aliphatic rings. The zero-order valence-corrected chi connectivity index (χ0v) is 9.75. The normalized spacial score (nSPS) is 21.4. The van der Waals surface area contributed by atoms with Gasteiger partial charge in [-0.2, -0.15) is 0 Å². The Hall–Kier alpha value is 0.01000. The molecule has 0 amide bonds. The zero-order chi connectivity index (χ0) is 9.42. The number of alkyl halides is 1. The van der Waals surface area contributed by atoms with Gasteiger partial charge in [0.15, 0.2) is 0 Å². The van der Waals surface area contributed by atoms with Crippen LogP contribution in [0.15, 0.2) is 23.1 Å². The van der Waals surface area contributed by atoms with Crippen LogP contribution in [0.4, 0.5) is 0 Å². The molecule has 1 atom stereocenters. The first-order chi connectivity index (χ1) is 6.16. The summed E-state index contributed by atoms with van der Waals surface area (Å²) < 4.78 is 0. The van der Waals surface area contributed by atoms with Crippen molar-refractivity contribution in [2.45, 2.75) is 16.1 Å². The van der Waals surface area contributed by atoms with Crippen LogP contribution in [-0.4, -0.2) is 9.94 Å². The summed E-state index contributed by atoms with van der Waals surface area (Å²) in [5, 5.41) is 0.906. The molecule has 68 valence electrons. The predicted molar refractivity (Wildman–Crippen MR) is 58.7 cm³/mol. The van der Waals surface area contributed by atoms with Gasteiger partial charge in [0.2, 0.25) is 5.12 Å². The first-order valence-corrected chi connectivity index (χ1v) is 5.92. The summed E-state index contributed by atoms with van der Waals surface area (Å²) in [6, 6.07) is 5.64. The Morgan fingerprint density at radius 1 is 1.54 bits per heavy atom. The third-order valence-corrected chi connectivity index (χ3v) is 4.27. The van der Waals surface area contributed by atoms with E-state index in [4.69, 9.17) is 11.6 Å². The smallest absolute Gasteiger partial charge is 0.207 e. The van der Waals surface area contributed by atoms with Crippen LogP contribution in [0.5, 0.6) is 0 Å². The number of carbonyl (C=O) groups excluding carboxylic acids is 1. The van der Waals surface area contributed by atoms with Gasteiger partial charge >= 0.3 is 0 Å². The van der Waals surface area contributed by atoms with E-state index in [1.807, 2.05) is 18.2 Å². The van der Waals surface area contributed by atoms with Gasteiger partial charge in [-0.1, -0.05) is 39.3 Å². The first-order valence-electron chi connectivity index (χ1n) is 3.81. The number of halogens is 2. The maximum absolute atomic E-state index is 11.3. The van der Waals surface area contributed by atoms with E-state index >= 15 is 0 Å². The van der Waals surface area contributed by atoms with Crippen molar-refractivity contribution in [1.29, 1.82) is 0 Å². The van der Waals surface area contributed by atoms with E-state index in [9.17, 15) is 4.79 Å². The number of hydrogen-bond acceptors (Lipinski definition) is 2. The third kappa shape index (κ3) is 1.92. The van der Waals surface area contributed by atoms with E-state index < -0.39 is 0 Å². The number of thioether (sulfide) groups is 1. The molecule has 0 N–H and O–H groups in total. The van der Waals surface area contributed by atoms with Crippen molar-refractivity contribution in [1.82, 2.24) is 0 Å². The molecule has 1 heterocycles. The van der Waals surface area contributed by atoms with Crippen molar-refractivity contribution >= 4 is 44.4 Å². The number of benzene rings is 1. The Morgan fingerprint density at radius 2 is 2.31 bits per heavy atom. The van der Waals surface area contributed by atoms with Crippen LogP contribution in [0.1, 0.15) is 5.56 Å². The van der Waals surface area contributed by atoms with Crippen LogP contribution < -0.4 is 0 Å². The molecular formula is C9H6BrClOS. The Labute approximate surface area is 94.0 Å². The Bertz CT molecular complexity index is 367. The molecule has 1 aromatic rings. The molecule has 4 heteroatoms. The third-order valence-electron chi connectivity index (χ3n) is 1.89. The molecular weight excluding hydrogens is 272 g/mol. The second kappa shape index (κ2) is 3.64. The van der Waals surface area contributed by atoms with E-state index in [0.717, 1.165) is 21.9 Å². The Balaban J connectivity index is 2.42. The molecule has 0 radical (unpaired) electrons. The summed E-state index contributed by atoms with van der Waals surface area (Å²) in [5.74, 6) is 0. The van der Waals surface area contributed by atoms with Crippen molar-refractivity contribution in [3.05, 3.63) is 28.8 Å². The van der Waals surface area contributed by atoms with Crippen LogP contribution in [0.2, 0.25) is 5.02 Å². The highest BCUT2D eigenvalue weighted by Crippen LogP contribution is 2.35. The van der Waals surface area contributed by atoms with Gasteiger partial charge in [0.05, 0.1) is 4.83 Å². The molecule has 1 unspecified atom stereocenters. The van der Waals surface area contributed by atoms with Gasteiger partial charge in [0.25, 0.3) is 0 Å². The van der Waals surface area contributed by atoms with E-state index in [1.165, 1.54) is 11.8 Å². The zero-order valence-electron chi connectivity index (χ0n) is 6.59. The fourth-order valence-corrected chi connectivity index (χ4v) is 2.92. The summed E-state index contributed by atoms with van der Waals surface area (Å²) in [7, 11) is 0. The van der Waals surface area contributed by atoms with Crippen molar-refractivity contribution < 1.29 is 4.79 Å². The van der Waals surface area contributed by atoms with Gasteiger partial charge < -0.3 is 0 Å². The summed E-state index contributed by atoms with van der Waals surface area (Å²) in [5.41, 5.74) is 1.15. The molecule has 0 fully saturated rings. The number of fused-ring (bicyclic) bond motifs is 1. The molecule has 0 spiro atoms. The van der Waals surface area contributed by atoms with Crippen LogP contribution in [0.3, 0.4) is 0 Å². The fraction of sp³-hybridized carbons (Fsp3) is 0.222. The van der Waals surface area contributed by atoms with E-state index in [-0.39, 0.29) is 9.94 Å². The topological polar surface area (TPSA) is 17.1 Å². The molecule has 13 heavy (non-hydrogen) atoms. The minimum Gasteiger partial charge on any atom is -0.286 e. The maximum Gasteiger partial charge on any atom is 0.207 e. The van der Waals surface area contributed by atoms with Gasteiger partial charge in [-0.05, 0) is 30.2 Å². The van der Waals surface area contributed by atoms with Gasteiger partial charge in [-0.25, -0.2) is 0 Å². The van der Waals surface area contributed by atoms with Gasteiger partial charge in [0.1, 0.15) is 0 Å². The Kier molecular flexibility index (Phi) is 2.67. The molecule has 0 aliphatic carbocycles. The molecule has 2 rings (SSSR count). The quantitative estimate of drug-likeness (QED) is 0.677. The molecule has 0 aromatic heterocycles. The summed E-state index contributed by atoms with van der Waals surface area (Å²) in [6.45, 7) is 0. The van der Waals surface area contributed by atoms with Gasteiger partial charge in [-0.15, -0.1) is 0 Å². The van der Waals surface area contributed by atoms with Crippen LogP contribution in [0.25, 0.3) is 0 Å². The van der Waals surface area contributed by atoms with Gasteiger partial charge in [0, 0.05) is 9.92 Å². The van der Waals surface area contributed by atoms with E-state index in [0.29, 0.717) is 0 Å². The lowest BCUT2D eigenvalue weighted by molar-refractivity contribution is -0.110. The van der Waals surface area contributed by atoms with Crippen LogP contribution in [0, 0.1) is 0 Å². The highest BCUT2D eigenvalue weighted by molar-refractivity contribution is 9.10. The number of hydrogen-bond donors (Lipinski definition) is 0. The van der Waals surface area contributed by atoms with Crippen molar-refractivity contribution in [2.24, 2.45) is 0 Å². The van der Waals surface area contributed by atoms with Crippen molar-refractivity contribution in [2.75, 3.05) is 0 Å². The molecule has 1 aliphatic heterocycles. The highest BCUT2D eigenvalue weighted by atomic mass is 79.9. The second-order valence-electron chi connectivity index (χ2n) is 2.84. The van der Waals surface area contributed by atoms with Crippen LogP contribution in [-0.2, 0) is 11.2 Å². The lowest BCUT2D eigenvalue weighted by Crippen LogP contribution is -2.18. The van der Waals surface area contributed by atoms with E-state index in [1.54, 1.807) is 0 Å². The maximum atomic E-state index is 11.3. The average molecular weight is 278 g/mol. The standard InChI is InChI=1S/C9H6BrClOS/c10-7-4-5-3-6(11)1-2-8(5)13-9(7)12/h1-3,7H,4H2. The number of carbonyl (C=O) groups is 1. The lowest BCUT2D eigenvalue weighted by atomic mass is 10.1. The summed E-state index contributed by atoms with van der Waals surface area (Å²) >= 11 is 10.5. The average Bonchev–Trinajstić information content (AvgIpc) is 2.08. The van der Waals surface area contributed by atoms with Crippen molar-refractivity contribution in [3.63, 3.8) is 0 Å².